The summed E-state index contributed by atoms with van der Waals surface area (Å²) in [4.78, 5) is 19.6. The molecule has 3 rings (SSSR count). The van der Waals surface area contributed by atoms with Crippen molar-refractivity contribution in [2.75, 3.05) is 18.0 Å². The van der Waals surface area contributed by atoms with Gasteiger partial charge in [-0.1, -0.05) is 23.9 Å². The molecule has 2 N–H and O–H groups in total. The van der Waals surface area contributed by atoms with E-state index in [1.165, 1.54) is 0 Å². The van der Waals surface area contributed by atoms with Gasteiger partial charge < -0.3 is 15.4 Å². The van der Waals surface area contributed by atoms with Crippen LogP contribution in [0.25, 0.3) is 0 Å². The molecule has 0 spiro atoms. The monoisotopic (exact) mass is 345 g/mol. The molecule has 6 heteroatoms. The SMILES string of the molecule is CC1=C(C(=O)OC(C)C)[C@@H](c2cccc(N)c2)N2CCCSC2=N1. The average molecular weight is 345 g/mol. The normalized spacial score (nSPS) is 20.8. The van der Waals surface area contributed by atoms with Crippen molar-refractivity contribution in [3.8, 4) is 0 Å². The van der Waals surface area contributed by atoms with Gasteiger partial charge in [0, 0.05) is 18.0 Å². The number of nitrogens with two attached hydrogens (primary N) is 1. The van der Waals surface area contributed by atoms with Crippen molar-refractivity contribution in [1.29, 1.82) is 0 Å². The molecule has 5 nitrogen and oxygen atoms in total. The zero-order valence-corrected chi connectivity index (χ0v) is 15.1. The summed E-state index contributed by atoms with van der Waals surface area (Å²) in [6, 6.07) is 7.53. The van der Waals surface area contributed by atoms with Gasteiger partial charge in [0.05, 0.1) is 23.4 Å². The van der Waals surface area contributed by atoms with Gasteiger partial charge >= 0.3 is 5.97 Å². The molecule has 24 heavy (non-hydrogen) atoms. The van der Waals surface area contributed by atoms with Crippen LogP contribution < -0.4 is 5.73 Å². The maximum atomic E-state index is 12.7. The summed E-state index contributed by atoms with van der Waals surface area (Å²) in [5, 5.41) is 0.979. The number of fused-ring (bicyclic) bond motifs is 1. The molecular weight excluding hydrogens is 322 g/mol. The second kappa shape index (κ2) is 6.89. The van der Waals surface area contributed by atoms with E-state index in [0.29, 0.717) is 11.3 Å². The van der Waals surface area contributed by atoms with E-state index in [1.807, 2.05) is 45.0 Å². The van der Waals surface area contributed by atoms with Crippen LogP contribution in [0.4, 0.5) is 5.69 Å². The number of aliphatic imine (C=N–C) groups is 1. The number of allylic oxidation sites excluding steroid dienone is 1. The number of ether oxygens (including phenoxy) is 1. The highest BCUT2D eigenvalue weighted by molar-refractivity contribution is 8.13. The highest BCUT2D eigenvalue weighted by atomic mass is 32.2. The van der Waals surface area contributed by atoms with Gasteiger partial charge in [-0.2, -0.15) is 0 Å². The van der Waals surface area contributed by atoms with Crippen LogP contribution in [0, 0.1) is 0 Å². The van der Waals surface area contributed by atoms with Crippen LogP contribution in [0.5, 0.6) is 0 Å². The molecule has 0 saturated carbocycles. The number of esters is 1. The molecule has 1 atom stereocenters. The summed E-state index contributed by atoms with van der Waals surface area (Å²) in [7, 11) is 0. The van der Waals surface area contributed by atoms with Crippen molar-refractivity contribution in [2.24, 2.45) is 4.99 Å². The number of hydrogen-bond acceptors (Lipinski definition) is 6. The van der Waals surface area contributed by atoms with Crippen molar-refractivity contribution in [3.05, 3.63) is 41.1 Å². The minimum Gasteiger partial charge on any atom is -0.459 e. The summed E-state index contributed by atoms with van der Waals surface area (Å²) < 4.78 is 5.49. The second-order valence-corrected chi connectivity index (χ2v) is 7.38. The van der Waals surface area contributed by atoms with Gasteiger partial charge in [-0.3, -0.25) is 0 Å². The fraction of sp³-hybridized carbons (Fsp3) is 0.444. The Balaban J connectivity index is 2.09. The van der Waals surface area contributed by atoms with E-state index in [-0.39, 0.29) is 18.1 Å². The fourth-order valence-electron chi connectivity index (χ4n) is 3.08. The van der Waals surface area contributed by atoms with Crippen molar-refractivity contribution in [1.82, 2.24) is 4.90 Å². The number of carbonyl (C=O) groups excluding carboxylic acids is 1. The van der Waals surface area contributed by atoms with E-state index in [2.05, 4.69) is 9.89 Å². The molecule has 0 amide bonds. The standard InChI is InChI=1S/C18H23N3O2S/c1-11(2)23-17(22)15-12(3)20-18-21(8-5-9-24-18)16(15)13-6-4-7-14(19)10-13/h4,6-7,10-11,16H,5,8-9,19H2,1-3H3/t16-/m1/s1. The molecule has 2 heterocycles. The first-order chi connectivity index (χ1) is 11.5. The van der Waals surface area contributed by atoms with Gasteiger partial charge in [0.2, 0.25) is 0 Å². The number of benzene rings is 1. The first kappa shape index (κ1) is 16.9. The van der Waals surface area contributed by atoms with Gasteiger partial charge in [0.25, 0.3) is 0 Å². The van der Waals surface area contributed by atoms with Crippen LogP contribution in [0.2, 0.25) is 0 Å². The predicted octanol–water partition coefficient (Wildman–Crippen LogP) is 3.34. The molecule has 0 aliphatic carbocycles. The Hall–Kier alpha value is -1.95. The Bertz CT molecular complexity index is 712. The predicted molar refractivity (Wildman–Crippen MR) is 98.7 cm³/mol. The number of hydrogen-bond donors (Lipinski definition) is 1. The van der Waals surface area contributed by atoms with Crippen molar-refractivity contribution >= 4 is 28.6 Å². The molecule has 0 unspecified atom stereocenters. The summed E-state index contributed by atoms with van der Waals surface area (Å²) >= 11 is 1.74. The number of thioether (sulfide) groups is 1. The molecule has 0 aromatic heterocycles. The van der Waals surface area contributed by atoms with E-state index >= 15 is 0 Å². The van der Waals surface area contributed by atoms with Crippen LogP contribution >= 0.6 is 11.8 Å². The third-order valence-electron chi connectivity index (χ3n) is 4.05. The first-order valence-corrected chi connectivity index (χ1v) is 9.21. The Morgan fingerprint density at radius 1 is 1.46 bits per heavy atom. The molecule has 1 saturated heterocycles. The molecule has 1 fully saturated rings. The lowest BCUT2D eigenvalue weighted by molar-refractivity contribution is -0.143. The lowest BCUT2D eigenvalue weighted by atomic mass is 9.94. The quantitative estimate of drug-likeness (QED) is 0.672. The molecule has 2 aliphatic heterocycles. The van der Waals surface area contributed by atoms with Crippen molar-refractivity contribution in [3.63, 3.8) is 0 Å². The van der Waals surface area contributed by atoms with E-state index in [0.717, 1.165) is 35.1 Å². The Morgan fingerprint density at radius 2 is 2.25 bits per heavy atom. The molecular formula is C18H23N3O2S. The van der Waals surface area contributed by atoms with Gasteiger partial charge in [0.1, 0.15) is 0 Å². The van der Waals surface area contributed by atoms with E-state index in [4.69, 9.17) is 10.5 Å². The summed E-state index contributed by atoms with van der Waals surface area (Å²) in [5.41, 5.74) is 9.02. The number of amidine groups is 1. The number of carbonyl (C=O) groups is 1. The molecule has 1 aromatic carbocycles. The maximum absolute atomic E-state index is 12.7. The van der Waals surface area contributed by atoms with Crippen molar-refractivity contribution < 1.29 is 9.53 Å². The zero-order chi connectivity index (χ0) is 17.3. The minimum atomic E-state index is -0.298. The largest absolute Gasteiger partial charge is 0.459 e. The van der Waals surface area contributed by atoms with Gasteiger partial charge in [-0.25, -0.2) is 9.79 Å². The first-order valence-electron chi connectivity index (χ1n) is 8.22. The Kier molecular flexibility index (Phi) is 4.85. The lowest BCUT2D eigenvalue weighted by Crippen LogP contribution is -2.42. The molecule has 2 aliphatic rings. The molecule has 0 radical (unpaired) electrons. The van der Waals surface area contributed by atoms with E-state index in [9.17, 15) is 4.79 Å². The summed E-state index contributed by atoms with van der Waals surface area (Å²) in [6.45, 7) is 6.47. The lowest BCUT2D eigenvalue weighted by Gasteiger charge is -2.40. The highest BCUT2D eigenvalue weighted by Gasteiger charge is 2.38. The number of nitrogens with zero attached hydrogens (tertiary/aromatic N) is 2. The number of nitrogen functional groups attached to an aromatic ring is 1. The van der Waals surface area contributed by atoms with Gasteiger partial charge in [-0.15, -0.1) is 0 Å². The van der Waals surface area contributed by atoms with Crippen LogP contribution in [-0.2, 0) is 9.53 Å². The zero-order valence-electron chi connectivity index (χ0n) is 14.3. The summed E-state index contributed by atoms with van der Waals surface area (Å²) in [6.07, 6.45) is 0.897. The maximum Gasteiger partial charge on any atom is 0.338 e. The molecule has 1 aromatic rings. The molecule has 0 bridgehead atoms. The summed E-state index contributed by atoms with van der Waals surface area (Å²) in [5.74, 6) is 0.756. The Morgan fingerprint density at radius 3 is 2.96 bits per heavy atom. The van der Waals surface area contributed by atoms with Crippen LogP contribution in [-0.4, -0.2) is 34.4 Å². The van der Waals surface area contributed by atoms with E-state index < -0.39 is 0 Å². The van der Waals surface area contributed by atoms with Crippen LogP contribution in [0.3, 0.4) is 0 Å². The molecule has 128 valence electrons. The average Bonchev–Trinajstić information content (AvgIpc) is 2.52. The highest BCUT2D eigenvalue weighted by Crippen LogP contribution is 2.40. The minimum absolute atomic E-state index is 0.166. The van der Waals surface area contributed by atoms with Crippen LogP contribution in [0.1, 0.15) is 38.8 Å². The van der Waals surface area contributed by atoms with E-state index in [1.54, 1.807) is 11.8 Å². The topological polar surface area (TPSA) is 67.9 Å². The van der Waals surface area contributed by atoms with Gasteiger partial charge in [0.15, 0.2) is 5.17 Å². The number of rotatable bonds is 3. The second-order valence-electron chi connectivity index (χ2n) is 6.32. The van der Waals surface area contributed by atoms with Gasteiger partial charge in [-0.05, 0) is 44.9 Å². The third-order valence-corrected chi connectivity index (χ3v) is 5.12. The van der Waals surface area contributed by atoms with Crippen LogP contribution in [0.15, 0.2) is 40.5 Å². The Labute approximate surface area is 147 Å². The number of anilines is 1. The van der Waals surface area contributed by atoms with Crippen molar-refractivity contribution in [2.45, 2.75) is 39.3 Å². The fourth-order valence-corrected chi connectivity index (χ4v) is 4.10. The smallest absolute Gasteiger partial charge is 0.338 e. The third kappa shape index (κ3) is 3.29.